The maximum Gasteiger partial charge on any atom is 0.337 e. The molecule has 0 unspecified atom stereocenters. The van der Waals surface area contributed by atoms with Gasteiger partial charge in [0.1, 0.15) is 0 Å². The number of aromatic carboxylic acids is 1. The number of nitrogens with two attached hydrogens (primary N) is 1. The molecule has 1 aromatic rings. The second kappa shape index (κ2) is 5.60. The molecule has 6 nitrogen and oxygen atoms in total. The lowest BCUT2D eigenvalue weighted by Crippen LogP contribution is -2.39. The summed E-state index contributed by atoms with van der Waals surface area (Å²) in [5.74, 6) is -1.20. The van der Waals surface area contributed by atoms with Crippen molar-refractivity contribution in [3.8, 4) is 0 Å². The van der Waals surface area contributed by atoms with Crippen LogP contribution in [0, 0.1) is 5.41 Å². The first-order valence-electron chi connectivity index (χ1n) is 5.87. The molecule has 1 amide bonds. The summed E-state index contributed by atoms with van der Waals surface area (Å²) in [6.45, 7) is 3.80. The predicted molar refractivity (Wildman–Crippen MR) is 74.2 cm³/mol. The van der Waals surface area contributed by atoms with E-state index in [1.807, 2.05) is 0 Å². The Kier molecular flexibility index (Phi) is 4.37. The van der Waals surface area contributed by atoms with E-state index < -0.39 is 11.4 Å². The van der Waals surface area contributed by atoms with Crippen molar-refractivity contribution in [3.63, 3.8) is 0 Å². The molecule has 0 aliphatic heterocycles. The van der Waals surface area contributed by atoms with Gasteiger partial charge in [-0.25, -0.2) is 4.79 Å². The number of nitrogens with one attached hydrogen (secondary N) is 2. The number of carbonyl (C=O) groups is 2. The topological polar surface area (TPSA) is 104 Å². The number of carbonyl (C=O) groups excluding carboxylic acids is 1. The highest BCUT2D eigenvalue weighted by molar-refractivity contribution is 5.97. The number of carboxylic acids is 1. The van der Waals surface area contributed by atoms with Crippen LogP contribution >= 0.6 is 0 Å². The molecule has 1 rings (SSSR count). The van der Waals surface area contributed by atoms with E-state index in [-0.39, 0.29) is 18.0 Å². The molecule has 0 atom stereocenters. The zero-order valence-corrected chi connectivity index (χ0v) is 11.3. The van der Waals surface area contributed by atoms with Gasteiger partial charge in [-0.1, -0.05) is 6.07 Å². The van der Waals surface area contributed by atoms with Crippen LogP contribution in [0.5, 0.6) is 0 Å². The van der Waals surface area contributed by atoms with Gasteiger partial charge in [-0.15, -0.1) is 0 Å². The summed E-state index contributed by atoms with van der Waals surface area (Å²) < 4.78 is 0. The van der Waals surface area contributed by atoms with Crippen molar-refractivity contribution < 1.29 is 14.7 Å². The number of amides is 1. The Labute approximate surface area is 112 Å². The van der Waals surface area contributed by atoms with Gasteiger partial charge >= 0.3 is 5.97 Å². The third kappa shape index (κ3) is 3.37. The smallest absolute Gasteiger partial charge is 0.337 e. The van der Waals surface area contributed by atoms with Crippen molar-refractivity contribution in [2.75, 3.05) is 24.6 Å². The zero-order chi connectivity index (χ0) is 14.6. The Hall–Kier alpha value is -2.24. The summed E-state index contributed by atoms with van der Waals surface area (Å²) in [5, 5.41) is 14.6. The lowest BCUT2D eigenvalue weighted by molar-refractivity contribution is -0.128. The van der Waals surface area contributed by atoms with Gasteiger partial charge in [0.25, 0.3) is 0 Å². The van der Waals surface area contributed by atoms with Crippen LogP contribution < -0.4 is 16.4 Å². The maximum absolute atomic E-state index is 11.7. The summed E-state index contributed by atoms with van der Waals surface area (Å²) in [6.07, 6.45) is 0. The average Bonchev–Trinajstić information content (AvgIpc) is 2.35. The molecule has 0 bridgehead atoms. The van der Waals surface area contributed by atoms with Gasteiger partial charge in [-0.2, -0.15) is 0 Å². The molecule has 0 saturated heterocycles. The first-order chi connectivity index (χ1) is 8.79. The van der Waals surface area contributed by atoms with Crippen molar-refractivity contribution >= 4 is 23.3 Å². The standard InChI is InChI=1S/C13H19N3O3/c1-13(2,12(19)15-3)7-16-10-8(11(17)18)5-4-6-9(10)14/h4-6,16H,7,14H2,1-3H3,(H,15,19)(H,17,18). The van der Waals surface area contributed by atoms with E-state index in [9.17, 15) is 9.59 Å². The minimum Gasteiger partial charge on any atom is -0.478 e. The second-order valence-electron chi connectivity index (χ2n) is 4.89. The minimum atomic E-state index is -1.06. The van der Waals surface area contributed by atoms with E-state index >= 15 is 0 Å². The Bertz CT molecular complexity index is 498. The summed E-state index contributed by atoms with van der Waals surface area (Å²) in [7, 11) is 1.56. The third-order valence-corrected chi connectivity index (χ3v) is 2.88. The summed E-state index contributed by atoms with van der Waals surface area (Å²) in [6, 6.07) is 4.66. The van der Waals surface area contributed by atoms with Gasteiger partial charge in [-0.3, -0.25) is 4.79 Å². The number of para-hydroxylation sites is 1. The summed E-state index contributed by atoms with van der Waals surface area (Å²) >= 11 is 0. The van der Waals surface area contributed by atoms with Crippen LogP contribution in [0.4, 0.5) is 11.4 Å². The Morgan fingerprint density at radius 3 is 2.53 bits per heavy atom. The van der Waals surface area contributed by atoms with Crippen LogP contribution in [0.1, 0.15) is 24.2 Å². The second-order valence-corrected chi connectivity index (χ2v) is 4.89. The Morgan fingerprint density at radius 2 is 2.00 bits per heavy atom. The molecule has 0 heterocycles. The van der Waals surface area contributed by atoms with Crippen molar-refractivity contribution in [2.45, 2.75) is 13.8 Å². The molecular weight excluding hydrogens is 246 g/mol. The van der Waals surface area contributed by atoms with Gasteiger partial charge in [0.05, 0.1) is 22.4 Å². The molecule has 0 radical (unpaired) electrons. The van der Waals surface area contributed by atoms with E-state index in [1.165, 1.54) is 6.07 Å². The van der Waals surface area contributed by atoms with E-state index in [2.05, 4.69) is 10.6 Å². The van der Waals surface area contributed by atoms with E-state index in [1.54, 1.807) is 33.0 Å². The van der Waals surface area contributed by atoms with Crippen molar-refractivity contribution in [3.05, 3.63) is 23.8 Å². The Morgan fingerprint density at radius 1 is 1.37 bits per heavy atom. The normalized spacial score (nSPS) is 10.9. The van der Waals surface area contributed by atoms with Crippen molar-refractivity contribution in [2.24, 2.45) is 5.41 Å². The predicted octanol–water partition coefficient (Wildman–Crippen LogP) is 1.15. The maximum atomic E-state index is 11.7. The van der Waals surface area contributed by atoms with E-state index in [0.29, 0.717) is 11.4 Å². The summed E-state index contributed by atoms with van der Waals surface area (Å²) in [5.41, 5.74) is 5.87. The van der Waals surface area contributed by atoms with Crippen molar-refractivity contribution in [1.29, 1.82) is 0 Å². The van der Waals surface area contributed by atoms with Gasteiger partial charge in [0.2, 0.25) is 5.91 Å². The fourth-order valence-corrected chi connectivity index (χ4v) is 1.67. The number of carboxylic acid groups (broad SMARTS) is 1. The van der Waals surface area contributed by atoms with Crippen LogP contribution in [0.15, 0.2) is 18.2 Å². The number of hydrogen-bond acceptors (Lipinski definition) is 4. The van der Waals surface area contributed by atoms with Gasteiger partial charge < -0.3 is 21.5 Å². The SMILES string of the molecule is CNC(=O)C(C)(C)CNc1c(N)cccc1C(=O)O. The number of rotatable bonds is 5. The molecule has 0 aliphatic rings. The zero-order valence-electron chi connectivity index (χ0n) is 11.3. The van der Waals surface area contributed by atoms with Crippen molar-refractivity contribution in [1.82, 2.24) is 5.32 Å². The highest BCUT2D eigenvalue weighted by Gasteiger charge is 2.27. The molecule has 5 N–H and O–H groups in total. The Balaban J connectivity index is 2.95. The molecule has 104 valence electrons. The fraction of sp³-hybridized carbons (Fsp3) is 0.385. The number of benzene rings is 1. The quantitative estimate of drug-likeness (QED) is 0.598. The van der Waals surface area contributed by atoms with E-state index in [4.69, 9.17) is 10.8 Å². The minimum absolute atomic E-state index is 0.0905. The lowest BCUT2D eigenvalue weighted by Gasteiger charge is -2.24. The number of hydrogen-bond donors (Lipinski definition) is 4. The van der Waals surface area contributed by atoms with Crippen LogP contribution in [0.25, 0.3) is 0 Å². The van der Waals surface area contributed by atoms with Crippen LogP contribution in [0.2, 0.25) is 0 Å². The van der Waals surface area contributed by atoms with Crippen LogP contribution in [-0.2, 0) is 4.79 Å². The first-order valence-corrected chi connectivity index (χ1v) is 5.87. The molecule has 0 fully saturated rings. The molecular formula is C13H19N3O3. The first kappa shape index (κ1) is 14.8. The molecule has 0 aromatic heterocycles. The summed E-state index contributed by atoms with van der Waals surface area (Å²) in [4.78, 5) is 22.8. The largest absolute Gasteiger partial charge is 0.478 e. The third-order valence-electron chi connectivity index (χ3n) is 2.88. The monoisotopic (exact) mass is 265 g/mol. The average molecular weight is 265 g/mol. The lowest BCUT2D eigenvalue weighted by atomic mass is 9.92. The molecule has 6 heteroatoms. The molecule has 1 aromatic carbocycles. The highest BCUT2D eigenvalue weighted by Crippen LogP contribution is 2.25. The van der Waals surface area contributed by atoms with Crippen LogP contribution in [-0.4, -0.2) is 30.6 Å². The number of nitrogen functional groups attached to an aromatic ring is 1. The molecule has 0 saturated carbocycles. The highest BCUT2D eigenvalue weighted by atomic mass is 16.4. The van der Waals surface area contributed by atoms with Crippen LogP contribution in [0.3, 0.4) is 0 Å². The van der Waals surface area contributed by atoms with Gasteiger partial charge in [0.15, 0.2) is 0 Å². The molecule has 19 heavy (non-hydrogen) atoms. The molecule has 0 spiro atoms. The number of anilines is 2. The molecule has 0 aliphatic carbocycles. The van der Waals surface area contributed by atoms with Gasteiger partial charge in [0, 0.05) is 13.6 Å². The van der Waals surface area contributed by atoms with Gasteiger partial charge in [-0.05, 0) is 26.0 Å². The fourth-order valence-electron chi connectivity index (χ4n) is 1.67. The van der Waals surface area contributed by atoms with E-state index in [0.717, 1.165) is 0 Å².